The van der Waals surface area contributed by atoms with Crippen molar-refractivity contribution in [3.05, 3.63) is 11.1 Å². The van der Waals surface area contributed by atoms with Gasteiger partial charge in [0.1, 0.15) is 6.54 Å². The molecule has 0 bridgehead atoms. The van der Waals surface area contributed by atoms with Crippen molar-refractivity contribution in [3.8, 4) is 6.07 Å². The fourth-order valence-electron chi connectivity index (χ4n) is 1.03. The first-order valence-electron chi connectivity index (χ1n) is 5.26. The minimum atomic E-state index is -0.843. The Hall–Kier alpha value is -1.94. The number of hydrogen-bond acceptors (Lipinski definition) is 5. The maximum Gasteiger partial charge on any atom is 0.315 e. The van der Waals surface area contributed by atoms with Crippen LogP contribution in [0.5, 0.6) is 0 Å². The number of amides is 2. The van der Waals surface area contributed by atoms with E-state index in [4.69, 9.17) is 5.26 Å². The fourth-order valence-corrected chi connectivity index (χ4v) is 1.96. The van der Waals surface area contributed by atoms with Gasteiger partial charge in [-0.15, -0.1) is 11.3 Å². The van der Waals surface area contributed by atoms with E-state index in [0.717, 1.165) is 5.69 Å². The van der Waals surface area contributed by atoms with Gasteiger partial charge in [0.05, 0.1) is 11.8 Å². The molecule has 1 heterocycles. The topological polar surface area (TPSA) is 94.9 Å². The van der Waals surface area contributed by atoms with Crippen molar-refractivity contribution in [3.63, 3.8) is 0 Å². The predicted molar refractivity (Wildman–Crippen MR) is 68.1 cm³/mol. The van der Waals surface area contributed by atoms with Crippen LogP contribution in [-0.2, 0) is 15.0 Å². The van der Waals surface area contributed by atoms with Gasteiger partial charge in [0.2, 0.25) is 0 Å². The van der Waals surface area contributed by atoms with Crippen LogP contribution in [0.3, 0.4) is 0 Å². The first kappa shape index (κ1) is 14.1. The molecule has 0 aliphatic rings. The number of thiazole rings is 1. The monoisotopic (exact) mass is 266 g/mol. The van der Waals surface area contributed by atoms with E-state index in [1.165, 1.54) is 11.3 Å². The van der Waals surface area contributed by atoms with Crippen molar-refractivity contribution in [2.24, 2.45) is 0 Å². The van der Waals surface area contributed by atoms with Gasteiger partial charge in [0.25, 0.3) is 0 Å². The molecule has 0 aromatic carbocycles. The number of nitriles is 1. The summed E-state index contributed by atoms with van der Waals surface area (Å²) in [6.07, 6.45) is 0. The second-order valence-corrected chi connectivity index (χ2v) is 5.44. The van der Waals surface area contributed by atoms with E-state index >= 15 is 0 Å². The SMILES string of the molecule is CC(C)(C)c1csc(NC(=O)C(=O)NCC#N)n1. The summed E-state index contributed by atoms with van der Waals surface area (Å²) in [5.41, 5.74) is 0.739. The van der Waals surface area contributed by atoms with Gasteiger partial charge in [-0.2, -0.15) is 5.26 Å². The summed E-state index contributed by atoms with van der Waals surface area (Å²) in [6.45, 7) is 5.82. The molecule has 0 saturated carbocycles. The molecule has 1 rings (SSSR count). The number of anilines is 1. The molecule has 0 spiro atoms. The van der Waals surface area contributed by atoms with Gasteiger partial charge in [-0.05, 0) is 0 Å². The second-order valence-electron chi connectivity index (χ2n) is 4.58. The molecule has 1 aromatic rings. The Morgan fingerprint density at radius 1 is 1.44 bits per heavy atom. The van der Waals surface area contributed by atoms with Crippen LogP contribution in [0.4, 0.5) is 5.13 Å². The molecule has 2 N–H and O–H groups in total. The lowest BCUT2D eigenvalue weighted by molar-refractivity contribution is -0.136. The van der Waals surface area contributed by atoms with E-state index in [2.05, 4.69) is 15.6 Å². The molecular weight excluding hydrogens is 252 g/mol. The number of nitrogens with zero attached hydrogens (tertiary/aromatic N) is 2. The molecule has 96 valence electrons. The number of hydrogen-bond donors (Lipinski definition) is 2. The Labute approximate surface area is 109 Å². The second kappa shape index (κ2) is 5.60. The quantitative estimate of drug-likeness (QED) is 0.617. The van der Waals surface area contributed by atoms with Crippen LogP contribution in [-0.4, -0.2) is 23.3 Å². The Morgan fingerprint density at radius 2 is 2.11 bits per heavy atom. The van der Waals surface area contributed by atoms with E-state index < -0.39 is 11.8 Å². The Balaban J connectivity index is 2.63. The molecule has 0 aliphatic carbocycles. The summed E-state index contributed by atoms with van der Waals surface area (Å²) in [4.78, 5) is 26.8. The predicted octanol–water partition coefficient (Wildman–Crippen LogP) is 1.02. The molecule has 0 fully saturated rings. The minimum absolute atomic E-state index is 0.109. The first-order chi connectivity index (χ1) is 8.34. The average molecular weight is 266 g/mol. The first-order valence-corrected chi connectivity index (χ1v) is 6.14. The highest BCUT2D eigenvalue weighted by Crippen LogP contribution is 2.26. The third-order valence-corrected chi connectivity index (χ3v) is 2.79. The molecule has 0 saturated heterocycles. The lowest BCUT2D eigenvalue weighted by atomic mass is 9.93. The van der Waals surface area contributed by atoms with Crippen LogP contribution in [0.15, 0.2) is 5.38 Å². The van der Waals surface area contributed by atoms with Crippen LogP contribution in [0.25, 0.3) is 0 Å². The van der Waals surface area contributed by atoms with E-state index in [1.54, 1.807) is 6.07 Å². The maximum atomic E-state index is 11.4. The van der Waals surface area contributed by atoms with Gasteiger partial charge < -0.3 is 5.32 Å². The van der Waals surface area contributed by atoms with Crippen molar-refractivity contribution in [2.75, 3.05) is 11.9 Å². The Morgan fingerprint density at radius 3 is 2.61 bits per heavy atom. The van der Waals surface area contributed by atoms with E-state index in [-0.39, 0.29) is 12.0 Å². The zero-order valence-electron chi connectivity index (χ0n) is 10.4. The number of aromatic nitrogens is 1. The van der Waals surface area contributed by atoms with Crippen LogP contribution in [0.1, 0.15) is 26.5 Å². The molecule has 0 atom stereocenters. The van der Waals surface area contributed by atoms with Crippen molar-refractivity contribution < 1.29 is 9.59 Å². The largest absolute Gasteiger partial charge is 0.335 e. The zero-order valence-corrected chi connectivity index (χ0v) is 11.2. The summed E-state index contributed by atoms with van der Waals surface area (Å²) in [7, 11) is 0. The maximum absolute atomic E-state index is 11.4. The zero-order chi connectivity index (χ0) is 13.8. The van der Waals surface area contributed by atoms with Crippen LogP contribution in [0, 0.1) is 11.3 Å². The summed E-state index contributed by atoms with van der Waals surface area (Å²) >= 11 is 1.26. The number of carbonyl (C=O) groups excluding carboxylic acids is 2. The van der Waals surface area contributed by atoms with E-state index in [1.807, 2.05) is 26.2 Å². The molecule has 1 aromatic heterocycles. The van der Waals surface area contributed by atoms with Crippen molar-refractivity contribution in [1.29, 1.82) is 5.26 Å². The third kappa shape index (κ3) is 3.82. The summed E-state index contributed by atoms with van der Waals surface area (Å²) in [5.74, 6) is -1.66. The highest BCUT2D eigenvalue weighted by atomic mass is 32.1. The number of nitrogens with one attached hydrogen (secondary N) is 2. The molecule has 2 amide bonds. The van der Waals surface area contributed by atoms with Gasteiger partial charge in [-0.25, -0.2) is 4.98 Å². The Kier molecular flexibility index (Phi) is 4.39. The van der Waals surface area contributed by atoms with Gasteiger partial charge in [-0.1, -0.05) is 20.8 Å². The smallest absolute Gasteiger partial charge is 0.315 e. The summed E-state index contributed by atoms with van der Waals surface area (Å²) in [5, 5.41) is 15.0. The molecule has 0 unspecified atom stereocenters. The highest BCUT2D eigenvalue weighted by Gasteiger charge is 2.19. The lowest BCUT2D eigenvalue weighted by Gasteiger charge is -2.14. The van der Waals surface area contributed by atoms with Crippen LogP contribution >= 0.6 is 11.3 Å². The normalized spacial score (nSPS) is 10.6. The Bertz CT molecular complexity index is 496. The van der Waals surface area contributed by atoms with Gasteiger partial charge in [0.15, 0.2) is 5.13 Å². The summed E-state index contributed by atoms with van der Waals surface area (Å²) < 4.78 is 0. The number of rotatable bonds is 2. The standard InChI is InChI=1S/C11H14N4O2S/c1-11(2,3)7-6-18-10(14-7)15-9(17)8(16)13-5-4-12/h6H,5H2,1-3H3,(H,13,16)(H,14,15,17). The molecule has 0 radical (unpaired) electrons. The van der Waals surface area contributed by atoms with Gasteiger partial charge >= 0.3 is 11.8 Å². The number of carbonyl (C=O) groups is 2. The molecule has 6 nitrogen and oxygen atoms in total. The van der Waals surface area contributed by atoms with Crippen molar-refractivity contribution >= 4 is 28.3 Å². The van der Waals surface area contributed by atoms with Gasteiger partial charge in [0, 0.05) is 10.8 Å². The third-order valence-electron chi connectivity index (χ3n) is 2.03. The minimum Gasteiger partial charge on any atom is -0.335 e. The van der Waals surface area contributed by atoms with E-state index in [9.17, 15) is 9.59 Å². The van der Waals surface area contributed by atoms with Crippen molar-refractivity contribution in [1.82, 2.24) is 10.3 Å². The van der Waals surface area contributed by atoms with Gasteiger partial charge in [-0.3, -0.25) is 14.9 Å². The van der Waals surface area contributed by atoms with Crippen molar-refractivity contribution in [2.45, 2.75) is 26.2 Å². The van der Waals surface area contributed by atoms with E-state index in [0.29, 0.717) is 5.13 Å². The molecule has 0 aliphatic heterocycles. The highest BCUT2D eigenvalue weighted by molar-refractivity contribution is 7.14. The van der Waals surface area contributed by atoms with Crippen LogP contribution < -0.4 is 10.6 Å². The molecule has 7 heteroatoms. The molecular formula is C11H14N4O2S. The van der Waals surface area contributed by atoms with Crippen LogP contribution in [0.2, 0.25) is 0 Å². The summed E-state index contributed by atoms with van der Waals surface area (Å²) in [6, 6.07) is 1.72. The average Bonchev–Trinajstić information content (AvgIpc) is 2.73. The molecule has 18 heavy (non-hydrogen) atoms. The fraction of sp³-hybridized carbons (Fsp3) is 0.455. The lowest BCUT2D eigenvalue weighted by Crippen LogP contribution is -2.35.